The lowest BCUT2D eigenvalue weighted by atomic mass is 10.2. The highest BCUT2D eigenvalue weighted by Gasteiger charge is 2.27. The van der Waals surface area contributed by atoms with Crippen LogP contribution in [0.25, 0.3) is 0 Å². The van der Waals surface area contributed by atoms with Gasteiger partial charge in [-0.25, -0.2) is 13.8 Å². The number of para-hydroxylation sites is 1. The molecular weight excluding hydrogens is 494 g/mol. The van der Waals surface area contributed by atoms with Crippen LogP contribution in [0, 0.1) is 0 Å². The van der Waals surface area contributed by atoms with Gasteiger partial charge in [0.2, 0.25) is 0 Å². The molecule has 35 heavy (non-hydrogen) atoms. The Labute approximate surface area is 207 Å². The number of nitrogens with one attached hydrogen (secondary N) is 1. The maximum atomic E-state index is 13.4. The first kappa shape index (κ1) is 24.4. The summed E-state index contributed by atoms with van der Waals surface area (Å²) in [6.07, 6.45) is 1.41. The van der Waals surface area contributed by atoms with Crippen LogP contribution in [0.1, 0.15) is 5.56 Å². The SMILES string of the molecule is COc1ccc(N(CC(=O)N/N=C/c2cccc3c2OCCO3)S(=O)(=O)c2ccccc2)cc1Cl. The number of hydrogen-bond acceptors (Lipinski definition) is 7. The summed E-state index contributed by atoms with van der Waals surface area (Å²) in [7, 11) is -2.64. The van der Waals surface area contributed by atoms with E-state index in [1.807, 2.05) is 0 Å². The number of sulfonamides is 1. The first-order chi connectivity index (χ1) is 16.9. The van der Waals surface area contributed by atoms with Gasteiger partial charge in [0.15, 0.2) is 11.5 Å². The quantitative estimate of drug-likeness (QED) is 0.364. The Hall–Kier alpha value is -3.76. The lowest BCUT2D eigenvalue weighted by molar-refractivity contribution is -0.119. The predicted octanol–water partition coefficient (Wildman–Crippen LogP) is 3.47. The van der Waals surface area contributed by atoms with Crippen molar-refractivity contribution < 1.29 is 27.4 Å². The van der Waals surface area contributed by atoms with Crippen LogP contribution in [0.3, 0.4) is 0 Å². The number of fused-ring (bicyclic) bond motifs is 1. The highest BCUT2D eigenvalue weighted by molar-refractivity contribution is 7.92. The largest absolute Gasteiger partial charge is 0.495 e. The van der Waals surface area contributed by atoms with Gasteiger partial charge in [0.05, 0.1) is 28.9 Å². The molecule has 0 radical (unpaired) electrons. The zero-order chi connectivity index (χ0) is 24.8. The van der Waals surface area contributed by atoms with Gasteiger partial charge in [-0.2, -0.15) is 5.10 Å². The molecule has 11 heteroatoms. The third-order valence-corrected chi connectivity index (χ3v) is 7.11. The van der Waals surface area contributed by atoms with E-state index in [-0.39, 0.29) is 15.6 Å². The molecule has 3 aromatic rings. The average molecular weight is 516 g/mol. The van der Waals surface area contributed by atoms with E-state index in [0.29, 0.717) is 36.0 Å². The van der Waals surface area contributed by atoms with Crippen LogP contribution < -0.4 is 23.9 Å². The van der Waals surface area contributed by atoms with Gasteiger partial charge in [-0.1, -0.05) is 35.9 Å². The van der Waals surface area contributed by atoms with Crippen molar-refractivity contribution in [2.75, 3.05) is 31.2 Å². The summed E-state index contributed by atoms with van der Waals surface area (Å²) in [5.74, 6) is 0.828. The van der Waals surface area contributed by atoms with E-state index in [0.717, 1.165) is 4.31 Å². The fraction of sp³-hybridized carbons (Fsp3) is 0.167. The molecule has 1 N–H and O–H groups in total. The average Bonchev–Trinajstić information content (AvgIpc) is 2.88. The van der Waals surface area contributed by atoms with Crippen molar-refractivity contribution in [3.05, 3.63) is 77.3 Å². The third kappa shape index (κ3) is 5.50. The number of methoxy groups -OCH3 is 1. The molecule has 1 aliphatic heterocycles. The molecule has 182 valence electrons. The van der Waals surface area contributed by atoms with E-state index >= 15 is 0 Å². The number of hydrogen-bond donors (Lipinski definition) is 1. The van der Waals surface area contributed by atoms with E-state index < -0.39 is 22.5 Å². The highest BCUT2D eigenvalue weighted by Crippen LogP contribution is 2.33. The standard InChI is InChI=1S/C24H22ClN3O6S/c1-32-21-11-10-18(14-20(21)25)28(35(30,31)19-7-3-2-4-8-19)16-23(29)27-26-15-17-6-5-9-22-24(17)34-13-12-33-22/h2-11,14-15H,12-13,16H2,1H3,(H,27,29)/b26-15+. The Bertz CT molecular complexity index is 1350. The minimum absolute atomic E-state index is 0.0244. The summed E-state index contributed by atoms with van der Waals surface area (Å²) in [6.45, 7) is 0.316. The van der Waals surface area contributed by atoms with Gasteiger partial charge in [-0.15, -0.1) is 0 Å². The summed E-state index contributed by atoms with van der Waals surface area (Å²) in [6, 6.07) is 17.6. The lowest BCUT2D eigenvalue weighted by Crippen LogP contribution is -2.39. The Morgan fingerprint density at radius 1 is 1.11 bits per heavy atom. The van der Waals surface area contributed by atoms with Gasteiger partial charge in [0, 0.05) is 5.56 Å². The molecule has 9 nitrogen and oxygen atoms in total. The number of amides is 1. The molecule has 0 saturated heterocycles. The summed E-state index contributed by atoms with van der Waals surface area (Å²) >= 11 is 6.22. The zero-order valence-corrected chi connectivity index (χ0v) is 20.3. The lowest BCUT2D eigenvalue weighted by Gasteiger charge is -2.24. The van der Waals surface area contributed by atoms with E-state index in [9.17, 15) is 13.2 Å². The number of halogens is 1. The van der Waals surface area contributed by atoms with Gasteiger partial charge in [0.25, 0.3) is 15.9 Å². The van der Waals surface area contributed by atoms with Gasteiger partial charge in [-0.05, 0) is 42.5 Å². The zero-order valence-electron chi connectivity index (χ0n) is 18.7. The van der Waals surface area contributed by atoms with Crippen molar-refractivity contribution in [3.8, 4) is 17.2 Å². The maximum Gasteiger partial charge on any atom is 0.264 e. The van der Waals surface area contributed by atoms with Gasteiger partial charge < -0.3 is 14.2 Å². The molecule has 0 fully saturated rings. The monoisotopic (exact) mass is 515 g/mol. The molecule has 0 saturated carbocycles. The van der Waals surface area contributed by atoms with Crippen LogP contribution in [0.15, 0.2) is 76.7 Å². The number of rotatable bonds is 8. The van der Waals surface area contributed by atoms with Crippen molar-refractivity contribution in [3.63, 3.8) is 0 Å². The van der Waals surface area contributed by atoms with Gasteiger partial charge in [-0.3, -0.25) is 9.10 Å². The molecule has 4 rings (SSSR count). The van der Waals surface area contributed by atoms with Crippen LogP contribution in [-0.4, -0.2) is 47.4 Å². The highest BCUT2D eigenvalue weighted by atomic mass is 35.5. The van der Waals surface area contributed by atoms with E-state index in [1.54, 1.807) is 36.4 Å². The number of ether oxygens (including phenoxy) is 3. The van der Waals surface area contributed by atoms with E-state index in [1.165, 1.54) is 43.7 Å². The van der Waals surface area contributed by atoms with Crippen molar-refractivity contribution in [2.45, 2.75) is 4.90 Å². The van der Waals surface area contributed by atoms with Gasteiger partial charge >= 0.3 is 0 Å². The number of nitrogens with zero attached hydrogens (tertiary/aromatic N) is 2. The molecule has 0 bridgehead atoms. The number of hydrazone groups is 1. The molecular formula is C24H22ClN3O6S. The van der Waals surface area contributed by atoms with Crippen LogP contribution in [-0.2, 0) is 14.8 Å². The van der Waals surface area contributed by atoms with Crippen molar-refractivity contribution in [2.24, 2.45) is 5.10 Å². The summed E-state index contributed by atoms with van der Waals surface area (Å²) in [4.78, 5) is 12.8. The smallest absolute Gasteiger partial charge is 0.264 e. The van der Waals surface area contributed by atoms with Crippen LogP contribution >= 0.6 is 11.6 Å². The molecule has 0 aromatic heterocycles. The summed E-state index contributed by atoms with van der Waals surface area (Å²) in [5.41, 5.74) is 3.17. The second-order valence-corrected chi connectivity index (χ2v) is 9.58. The minimum atomic E-state index is -4.09. The maximum absolute atomic E-state index is 13.4. The minimum Gasteiger partial charge on any atom is -0.495 e. The molecule has 0 unspecified atom stereocenters. The Morgan fingerprint density at radius 3 is 2.63 bits per heavy atom. The van der Waals surface area contributed by atoms with Gasteiger partial charge in [0.1, 0.15) is 25.5 Å². The Morgan fingerprint density at radius 2 is 1.89 bits per heavy atom. The number of anilines is 1. The van der Waals surface area contributed by atoms with Crippen LogP contribution in [0.4, 0.5) is 5.69 Å². The second kappa shape index (κ2) is 10.7. The number of carbonyl (C=O) groups excluding carboxylic acids is 1. The van der Waals surface area contributed by atoms with Crippen molar-refractivity contribution in [1.29, 1.82) is 0 Å². The topological polar surface area (TPSA) is 107 Å². The molecule has 0 atom stereocenters. The summed E-state index contributed by atoms with van der Waals surface area (Å²) in [5, 5.41) is 4.17. The van der Waals surface area contributed by atoms with E-state index in [2.05, 4.69) is 10.5 Å². The normalized spacial score (nSPS) is 12.9. The summed E-state index contributed by atoms with van der Waals surface area (Å²) < 4.78 is 44.0. The van der Waals surface area contributed by atoms with Crippen LogP contribution in [0.2, 0.25) is 5.02 Å². The molecule has 1 aliphatic rings. The van der Waals surface area contributed by atoms with Crippen LogP contribution in [0.5, 0.6) is 17.2 Å². The van der Waals surface area contributed by atoms with Crippen molar-refractivity contribution >= 4 is 39.4 Å². The number of carbonyl (C=O) groups is 1. The first-order valence-corrected chi connectivity index (χ1v) is 12.3. The molecule has 3 aromatic carbocycles. The fourth-order valence-electron chi connectivity index (χ4n) is 3.38. The second-order valence-electron chi connectivity index (χ2n) is 7.31. The van der Waals surface area contributed by atoms with E-state index in [4.69, 9.17) is 25.8 Å². The predicted molar refractivity (Wildman–Crippen MR) is 132 cm³/mol. The molecule has 0 aliphatic carbocycles. The fourth-order valence-corrected chi connectivity index (χ4v) is 5.07. The molecule has 0 spiro atoms. The third-order valence-electron chi connectivity index (χ3n) is 5.03. The van der Waals surface area contributed by atoms with Crippen molar-refractivity contribution in [1.82, 2.24) is 5.43 Å². The Balaban J connectivity index is 1.57. The number of benzene rings is 3. The Kier molecular flexibility index (Phi) is 7.42. The first-order valence-electron chi connectivity index (χ1n) is 10.5. The molecule has 1 amide bonds. The molecule has 1 heterocycles.